The molecule has 0 radical (unpaired) electrons. The fourth-order valence-electron chi connectivity index (χ4n) is 2.84. The zero-order valence-corrected chi connectivity index (χ0v) is 20.0. The number of likely N-dealkylation sites (N-methyl/N-ethyl adjacent to an activating group) is 1. The zero-order chi connectivity index (χ0) is 20.5. The van der Waals surface area contributed by atoms with Gasteiger partial charge in [0.2, 0.25) is 0 Å². The van der Waals surface area contributed by atoms with Crippen LogP contribution in [-0.4, -0.2) is 52.8 Å². The Morgan fingerprint density at radius 3 is 2.21 bits per heavy atom. The fourth-order valence-corrected chi connectivity index (χ4v) is 2.84. The minimum absolute atomic E-state index is 0. The average Bonchev–Trinajstić information content (AvgIpc) is 2.72. The van der Waals surface area contributed by atoms with Crippen molar-refractivity contribution in [1.29, 1.82) is 0 Å². The van der Waals surface area contributed by atoms with Crippen molar-refractivity contribution in [1.82, 2.24) is 10.2 Å². The van der Waals surface area contributed by atoms with Gasteiger partial charge >= 0.3 is 0 Å². The molecule has 0 bridgehead atoms. The van der Waals surface area contributed by atoms with Crippen molar-refractivity contribution in [2.45, 2.75) is 12.6 Å². The van der Waals surface area contributed by atoms with E-state index in [-0.39, 0.29) is 30.0 Å². The lowest BCUT2D eigenvalue weighted by Gasteiger charge is -2.25. The van der Waals surface area contributed by atoms with Crippen molar-refractivity contribution in [3.05, 3.63) is 53.6 Å². The lowest BCUT2D eigenvalue weighted by atomic mass is 10.1. The monoisotopic (exact) mass is 514 g/mol. The third kappa shape index (κ3) is 7.28. The van der Waals surface area contributed by atoms with Gasteiger partial charge in [0.25, 0.3) is 0 Å². The summed E-state index contributed by atoms with van der Waals surface area (Å²) < 4.78 is 15.8. The van der Waals surface area contributed by atoms with Gasteiger partial charge in [0.1, 0.15) is 5.75 Å². The molecule has 2 aromatic carbocycles. The van der Waals surface area contributed by atoms with Crippen LogP contribution in [0.3, 0.4) is 0 Å². The number of nitrogens with one attached hydrogen (secondary N) is 1. The smallest absolute Gasteiger partial charge is 0.188 e. The first-order valence-electron chi connectivity index (χ1n) is 9.03. The lowest BCUT2D eigenvalue weighted by molar-refractivity contribution is 0.298. The third-order valence-electron chi connectivity index (χ3n) is 4.48. The predicted molar refractivity (Wildman–Crippen MR) is 128 cm³/mol. The molecule has 0 spiro atoms. The van der Waals surface area contributed by atoms with Crippen molar-refractivity contribution in [3.63, 3.8) is 0 Å². The van der Waals surface area contributed by atoms with Gasteiger partial charge in [-0.1, -0.05) is 18.2 Å². The normalized spacial score (nSPS) is 12.1. The molecule has 29 heavy (non-hydrogen) atoms. The second kappa shape index (κ2) is 12.4. The predicted octanol–water partition coefficient (Wildman–Crippen LogP) is 3.04. The SMILES string of the molecule is COc1ccc(C(CNC(N)=NCc2ccc(OC)c(OC)c2)N(C)C)cc1.I. The highest BCUT2D eigenvalue weighted by Crippen LogP contribution is 2.27. The summed E-state index contributed by atoms with van der Waals surface area (Å²) in [6.07, 6.45) is 0. The van der Waals surface area contributed by atoms with Gasteiger partial charge in [-0.15, -0.1) is 24.0 Å². The maximum Gasteiger partial charge on any atom is 0.188 e. The molecule has 1 unspecified atom stereocenters. The Balaban J connectivity index is 0.00000420. The van der Waals surface area contributed by atoms with Crippen LogP contribution in [-0.2, 0) is 6.54 Å². The summed E-state index contributed by atoms with van der Waals surface area (Å²) in [6.45, 7) is 1.09. The van der Waals surface area contributed by atoms with Crippen molar-refractivity contribution in [2.75, 3.05) is 42.0 Å². The van der Waals surface area contributed by atoms with E-state index < -0.39 is 0 Å². The van der Waals surface area contributed by atoms with E-state index in [1.54, 1.807) is 21.3 Å². The first kappa shape index (κ1) is 24.8. The molecule has 2 rings (SSSR count). The first-order chi connectivity index (χ1) is 13.5. The Morgan fingerprint density at radius 2 is 1.66 bits per heavy atom. The topological polar surface area (TPSA) is 81.3 Å². The van der Waals surface area contributed by atoms with Crippen molar-refractivity contribution >= 4 is 29.9 Å². The van der Waals surface area contributed by atoms with Crippen LogP contribution >= 0.6 is 24.0 Å². The number of hydrogen-bond donors (Lipinski definition) is 2. The van der Waals surface area contributed by atoms with E-state index in [0.717, 1.165) is 11.3 Å². The number of hydrogen-bond acceptors (Lipinski definition) is 5. The molecule has 2 aromatic rings. The number of methoxy groups -OCH3 is 3. The second-order valence-corrected chi connectivity index (χ2v) is 6.52. The summed E-state index contributed by atoms with van der Waals surface area (Å²) in [7, 11) is 8.96. The number of benzene rings is 2. The minimum Gasteiger partial charge on any atom is -0.497 e. The van der Waals surface area contributed by atoms with Crippen LogP contribution in [0.5, 0.6) is 17.2 Å². The van der Waals surface area contributed by atoms with Crippen LogP contribution in [0.15, 0.2) is 47.5 Å². The number of aliphatic imine (C=N–C) groups is 1. The molecule has 3 N–H and O–H groups in total. The van der Waals surface area contributed by atoms with Gasteiger partial charge in [0.05, 0.1) is 33.9 Å². The highest BCUT2D eigenvalue weighted by molar-refractivity contribution is 14.0. The molecule has 0 saturated heterocycles. The van der Waals surface area contributed by atoms with Gasteiger partial charge in [-0.3, -0.25) is 0 Å². The van der Waals surface area contributed by atoms with E-state index in [4.69, 9.17) is 19.9 Å². The molecule has 0 aliphatic heterocycles. The van der Waals surface area contributed by atoms with Crippen LogP contribution in [0.4, 0.5) is 0 Å². The van der Waals surface area contributed by atoms with Crippen LogP contribution in [0.2, 0.25) is 0 Å². The summed E-state index contributed by atoms with van der Waals surface area (Å²) >= 11 is 0. The number of ether oxygens (including phenoxy) is 3. The van der Waals surface area contributed by atoms with Crippen molar-refractivity contribution in [2.24, 2.45) is 10.7 Å². The quantitative estimate of drug-likeness (QED) is 0.304. The van der Waals surface area contributed by atoms with E-state index in [0.29, 0.717) is 30.5 Å². The number of halogens is 1. The Labute approximate surface area is 190 Å². The van der Waals surface area contributed by atoms with Gasteiger partial charge in [-0.2, -0.15) is 0 Å². The second-order valence-electron chi connectivity index (χ2n) is 6.52. The van der Waals surface area contributed by atoms with Gasteiger partial charge in [-0.05, 0) is 49.5 Å². The summed E-state index contributed by atoms with van der Waals surface area (Å²) in [5.41, 5.74) is 8.22. The molecular formula is C21H31IN4O3. The van der Waals surface area contributed by atoms with Crippen LogP contribution in [0.1, 0.15) is 17.2 Å². The molecule has 0 saturated carbocycles. The van der Waals surface area contributed by atoms with Crippen LogP contribution < -0.4 is 25.3 Å². The fraction of sp³-hybridized carbons (Fsp3) is 0.381. The number of nitrogens with zero attached hydrogens (tertiary/aromatic N) is 2. The number of guanidine groups is 1. The molecule has 0 heterocycles. The van der Waals surface area contributed by atoms with E-state index >= 15 is 0 Å². The first-order valence-corrected chi connectivity index (χ1v) is 9.03. The van der Waals surface area contributed by atoms with E-state index in [1.165, 1.54) is 5.56 Å². The van der Waals surface area contributed by atoms with Gasteiger partial charge in [0, 0.05) is 6.54 Å². The lowest BCUT2D eigenvalue weighted by Crippen LogP contribution is -2.38. The summed E-state index contributed by atoms with van der Waals surface area (Å²) in [5, 5.41) is 3.21. The maximum absolute atomic E-state index is 6.06. The molecule has 160 valence electrons. The summed E-state index contributed by atoms with van der Waals surface area (Å²) in [6, 6.07) is 13.9. The summed E-state index contributed by atoms with van der Waals surface area (Å²) in [5.74, 6) is 2.60. The molecule has 0 aliphatic rings. The number of nitrogens with two attached hydrogens (primary N) is 1. The van der Waals surface area contributed by atoms with Gasteiger partial charge < -0.3 is 30.2 Å². The van der Waals surface area contributed by atoms with Crippen molar-refractivity contribution in [3.8, 4) is 17.2 Å². The van der Waals surface area contributed by atoms with Gasteiger partial charge in [0.15, 0.2) is 17.5 Å². The molecule has 0 amide bonds. The largest absolute Gasteiger partial charge is 0.497 e. The Morgan fingerprint density at radius 1 is 1.00 bits per heavy atom. The Bertz CT molecular complexity index is 782. The van der Waals surface area contributed by atoms with E-state index in [2.05, 4.69) is 27.3 Å². The van der Waals surface area contributed by atoms with Gasteiger partial charge in [-0.25, -0.2) is 4.99 Å². The number of rotatable bonds is 9. The van der Waals surface area contributed by atoms with Crippen LogP contribution in [0.25, 0.3) is 0 Å². The molecule has 0 fully saturated rings. The summed E-state index contributed by atoms with van der Waals surface area (Å²) in [4.78, 5) is 6.56. The standard InChI is InChI=1S/C21H30N4O3.HI/c1-25(2)18(16-7-9-17(26-3)10-8-16)14-24-21(22)23-13-15-6-11-19(27-4)20(12-15)28-5;/h6-12,18H,13-14H2,1-5H3,(H3,22,23,24);1H. The minimum atomic E-state index is 0. The Kier molecular flexibility index (Phi) is 10.6. The zero-order valence-electron chi connectivity index (χ0n) is 17.6. The average molecular weight is 514 g/mol. The third-order valence-corrected chi connectivity index (χ3v) is 4.48. The van der Waals surface area contributed by atoms with E-state index in [1.807, 2.05) is 44.4 Å². The molecule has 7 nitrogen and oxygen atoms in total. The molecular weight excluding hydrogens is 483 g/mol. The van der Waals surface area contributed by atoms with Crippen molar-refractivity contribution < 1.29 is 14.2 Å². The molecule has 1 atom stereocenters. The highest BCUT2D eigenvalue weighted by Gasteiger charge is 2.14. The maximum atomic E-state index is 6.06. The molecule has 8 heteroatoms. The Hall–Kier alpha value is -2.20. The highest BCUT2D eigenvalue weighted by atomic mass is 127. The van der Waals surface area contributed by atoms with E-state index in [9.17, 15) is 0 Å². The molecule has 0 aromatic heterocycles. The van der Waals surface area contributed by atoms with Crippen LogP contribution in [0, 0.1) is 0 Å². The molecule has 0 aliphatic carbocycles.